The molecule has 6 nitrogen and oxygen atoms in total. The highest BCUT2D eigenvalue weighted by atomic mass is 16.5. The van der Waals surface area contributed by atoms with Crippen LogP contribution in [0.1, 0.15) is 56.3 Å². The van der Waals surface area contributed by atoms with Crippen molar-refractivity contribution in [3.05, 3.63) is 58.5 Å². The number of fused-ring (bicyclic) bond motifs is 1. The van der Waals surface area contributed by atoms with E-state index in [0.717, 1.165) is 10.9 Å². The van der Waals surface area contributed by atoms with Gasteiger partial charge in [0.25, 0.3) is 0 Å². The summed E-state index contributed by atoms with van der Waals surface area (Å²) in [5.41, 5.74) is 3.14. The van der Waals surface area contributed by atoms with Gasteiger partial charge in [-0.3, -0.25) is 9.59 Å². The second-order valence-corrected chi connectivity index (χ2v) is 6.34. The lowest BCUT2D eigenvalue weighted by Gasteiger charge is -2.12. The number of benzene rings is 1. The number of aryl methyl sites for hydroxylation is 1. The number of para-hydroxylation sites is 1. The molecule has 3 aromatic rings. The number of H-pyrrole nitrogens is 2. The Morgan fingerprint density at radius 2 is 1.81 bits per heavy atom. The number of esters is 1. The summed E-state index contributed by atoms with van der Waals surface area (Å²) in [5, 5.41) is 0.783. The van der Waals surface area contributed by atoms with Gasteiger partial charge in [-0.1, -0.05) is 18.2 Å². The number of aromatic amines is 2. The lowest BCUT2D eigenvalue weighted by molar-refractivity contribution is 0.0313. The zero-order valence-corrected chi connectivity index (χ0v) is 15.1. The van der Waals surface area contributed by atoms with E-state index in [1.54, 1.807) is 27.0 Å². The lowest BCUT2D eigenvalue weighted by atomic mass is 10.1. The first-order chi connectivity index (χ1) is 12.3. The molecule has 0 spiro atoms. The summed E-state index contributed by atoms with van der Waals surface area (Å²) >= 11 is 0. The molecule has 134 valence electrons. The first kappa shape index (κ1) is 17.7. The predicted octanol–water partition coefficient (Wildman–Crippen LogP) is 3.74. The Hall–Kier alpha value is -3.15. The van der Waals surface area contributed by atoms with Crippen LogP contribution in [-0.2, 0) is 4.74 Å². The van der Waals surface area contributed by atoms with Gasteiger partial charge in [0.05, 0.1) is 0 Å². The van der Waals surface area contributed by atoms with Crippen LogP contribution in [0.25, 0.3) is 10.9 Å². The molecule has 0 aliphatic heterocycles. The van der Waals surface area contributed by atoms with Crippen molar-refractivity contribution in [3.63, 3.8) is 0 Å². The molecule has 0 aliphatic carbocycles. The standard InChI is InChI=1S/C20H20N2O4/c1-10-17(12(3)23)11(2)22-18(10)20(25)26-13(4)19(24)15-9-21-16-8-6-5-7-14(15)16/h5-9,13,21-22H,1-4H3/t13-/m0/s1. The molecule has 2 N–H and O–H groups in total. The maximum Gasteiger partial charge on any atom is 0.355 e. The van der Waals surface area contributed by atoms with Crippen LogP contribution in [0.2, 0.25) is 0 Å². The molecule has 6 heteroatoms. The number of nitrogens with one attached hydrogen (secondary N) is 2. The van der Waals surface area contributed by atoms with Crippen LogP contribution in [0.15, 0.2) is 30.5 Å². The van der Waals surface area contributed by atoms with Crippen molar-refractivity contribution >= 4 is 28.4 Å². The summed E-state index contributed by atoms with van der Waals surface area (Å²) in [7, 11) is 0. The number of rotatable bonds is 5. The highest BCUT2D eigenvalue weighted by molar-refractivity contribution is 6.10. The first-order valence-electron chi connectivity index (χ1n) is 8.32. The van der Waals surface area contributed by atoms with Crippen LogP contribution in [-0.4, -0.2) is 33.6 Å². The summed E-state index contributed by atoms with van der Waals surface area (Å²) in [6.07, 6.45) is 0.667. The van der Waals surface area contributed by atoms with Crippen LogP contribution >= 0.6 is 0 Å². The van der Waals surface area contributed by atoms with Crippen molar-refractivity contribution in [1.29, 1.82) is 0 Å². The van der Waals surface area contributed by atoms with Gasteiger partial charge in [-0.05, 0) is 39.3 Å². The second-order valence-electron chi connectivity index (χ2n) is 6.34. The van der Waals surface area contributed by atoms with E-state index in [0.29, 0.717) is 22.4 Å². The normalized spacial score (nSPS) is 12.2. The Balaban J connectivity index is 1.83. The minimum atomic E-state index is -0.953. The van der Waals surface area contributed by atoms with Gasteiger partial charge in [0.1, 0.15) is 5.69 Å². The van der Waals surface area contributed by atoms with Gasteiger partial charge in [0, 0.05) is 33.9 Å². The third-order valence-electron chi connectivity index (χ3n) is 4.50. The lowest BCUT2D eigenvalue weighted by Crippen LogP contribution is -2.24. The number of ketones is 2. The van der Waals surface area contributed by atoms with Gasteiger partial charge in [-0.25, -0.2) is 4.79 Å². The van der Waals surface area contributed by atoms with Crippen molar-refractivity contribution in [3.8, 4) is 0 Å². The summed E-state index contributed by atoms with van der Waals surface area (Å²) in [5.74, 6) is -1.07. The van der Waals surface area contributed by atoms with Gasteiger partial charge in [0.2, 0.25) is 5.78 Å². The van der Waals surface area contributed by atoms with Gasteiger partial charge in [0.15, 0.2) is 11.9 Å². The Labute approximate surface area is 150 Å². The van der Waals surface area contributed by atoms with Crippen LogP contribution in [0.4, 0.5) is 0 Å². The third-order valence-corrected chi connectivity index (χ3v) is 4.50. The molecule has 0 aliphatic rings. The Kier molecular flexibility index (Phi) is 4.50. The molecule has 0 unspecified atom stereocenters. The van der Waals surface area contributed by atoms with Gasteiger partial charge >= 0.3 is 5.97 Å². The number of hydrogen-bond acceptors (Lipinski definition) is 4. The van der Waals surface area contributed by atoms with Gasteiger partial charge in [-0.2, -0.15) is 0 Å². The van der Waals surface area contributed by atoms with Crippen LogP contribution in [0, 0.1) is 13.8 Å². The summed E-state index contributed by atoms with van der Waals surface area (Å²) in [6.45, 7) is 6.39. The van der Waals surface area contributed by atoms with E-state index in [-0.39, 0.29) is 17.3 Å². The fraction of sp³-hybridized carbons (Fsp3) is 0.250. The predicted molar refractivity (Wildman–Crippen MR) is 97.8 cm³/mol. The number of ether oxygens (including phenoxy) is 1. The summed E-state index contributed by atoms with van der Waals surface area (Å²) in [6, 6.07) is 7.43. The number of Topliss-reactive ketones (excluding diaryl/α,β-unsaturated/α-hetero) is 2. The van der Waals surface area contributed by atoms with E-state index in [1.807, 2.05) is 24.3 Å². The minimum Gasteiger partial charge on any atom is -0.450 e. The van der Waals surface area contributed by atoms with Crippen LogP contribution < -0.4 is 0 Å². The number of hydrogen-bond donors (Lipinski definition) is 2. The van der Waals surface area contributed by atoms with E-state index in [1.165, 1.54) is 6.92 Å². The SMILES string of the molecule is CC(=O)c1c(C)[nH]c(C(=O)O[C@@H](C)C(=O)c2c[nH]c3ccccc23)c1C. The van der Waals surface area contributed by atoms with E-state index >= 15 is 0 Å². The molecular formula is C20H20N2O4. The molecule has 26 heavy (non-hydrogen) atoms. The van der Waals surface area contributed by atoms with Crippen molar-refractivity contribution in [2.75, 3.05) is 0 Å². The zero-order chi connectivity index (χ0) is 19.0. The quantitative estimate of drug-likeness (QED) is 0.540. The molecule has 0 saturated carbocycles. The smallest absolute Gasteiger partial charge is 0.355 e. The minimum absolute atomic E-state index is 0.127. The van der Waals surface area contributed by atoms with Gasteiger partial charge in [-0.15, -0.1) is 0 Å². The molecule has 3 rings (SSSR count). The van der Waals surface area contributed by atoms with E-state index in [2.05, 4.69) is 9.97 Å². The molecular weight excluding hydrogens is 332 g/mol. The molecule has 0 saturated heterocycles. The highest BCUT2D eigenvalue weighted by Gasteiger charge is 2.26. The van der Waals surface area contributed by atoms with Crippen LogP contribution in [0.5, 0.6) is 0 Å². The topological polar surface area (TPSA) is 92.0 Å². The van der Waals surface area contributed by atoms with Crippen molar-refractivity contribution < 1.29 is 19.1 Å². The van der Waals surface area contributed by atoms with E-state index in [9.17, 15) is 14.4 Å². The first-order valence-corrected chi connectivity index (χ1v) is 8.32. The fourth-order valence-corrected chi connectivity index (χ4v) is 3.25. The average molecular weight is 352 g/mol. The fourth-order valence-electron chi connectivity index (χ4n) is 3.25. The summed E-state index contributed by atoms with van der Waals surface area (Å²) < 4.78 is 5.35. The molecule has 1 atom stereocenters. The van der Waals surface area contributed by atoms with Gasteiger partial charge < -0.3 is 14.7 Å². The monoisotopic (exact) mass is 352 g/mol. The third kappa shape index (κ3) is 2.94. The maximum absolute atomic E-state index is 12.7. The van der Waals surface area contributed by atoms with Crippen molar-refractivity contribution in [2.24, 2.45) is 0 Å². The number of aromatic nitrogens is 2. The van der Waals surface area contributed by atoms with E-state index < -0.39 is 12.1 Å². The van der Waals surface area contributed by atoms with Crippen molar-refractivity contribution in [2.45, 2.75) is 33.8 Å². The largest absolute Gasteiger partial charge is 0.450 e. The average Bonchev–Trinajstić information content (AvgIpc) is 3.14. The van der Waals surface area contributed by atoms with Crippen LogP contribution in [0.3, 0.4) is 0 Å². The number of carbonyl (C=O) groups excluding carboxylic acids is 3. The second kappa shape index (κ2) is 6.63. The molecule has 0 fully saturated rings. The maximum atomic E-state index is 12.7. The zero-order valence-electron chi connectivity index (χ0n) is 15.1. The Morgan fingerprint density at radius 3 is 2.46 bits per heavy atom. The van der Waals surface area contributed by atoms with E-state index in [4.69, 9.17) is 4.74 Å². The molecule has 0 radical (unpaired) electrons. The number of carbonyl (C=O) groups is 3. The molecule has 1 aromatic carbocycles. The Morgan fingerprint density at radius 1 is 1.12 bits per heavy atom. The molecule has 2 heterocycles. The molecule has 0 amide bonds. The highest BCUT2D eigenvalue weighted by Crippen LogP contribution is 2.22. The summed E-state index contributed by atoms with van der Waals surface area (Å²) in [4.78, 5) is 42.8. The van der Waals surface area contributed by atoms with Crippen molar-refractivity contribution in [1.82, 2.24) is 9.97 Å². The molecule has 0 bridgehead atoms. The Bertz CT molecular complexity index is 1030. The molecule has 2 aromatic heterocycles.